The van der Waals surface area contributed by atoms with E-state index in [1.165, 1.54) is 12.5 Å². The fourth-order valence-corrected chi connectivity index (χ4v) is 3.31. The van der Waals surface area contributed by atoms with E-state index in [4.69, 9.17) is 17.2 Å². The normalized spacial score (nSPS) is 14.3. The molecule has 1 heterocycles. The Morgan fingerprint density at radius 3 is 2.17 bits per heavy atom. The first kappa shape index (κ1) is 29.9. The van der Waals surface area contributed by atoms with E-state index in [9.17, 15) is 29.1 Å². The number of hydrogen-bond acceptors (Lipinski definition) is 9. The molecule has 4 amide bonds. The van der Waals surface area contributed by atoms with E-state index in [-0.39, 0.29) is 31.4 Å². The fraction of sp³-hybridized carbons (Fsp3) is 0.600. The number of carbonyl (C=O) groups is 5. The van der Waals surface area contributed by atoms with Crippen molar-refractivity contribution in [2.75, 3.05) is 12.3 Å². The highest BCUT2D eigenvalue weighted by Crippen LogP contribution is 2.05. The average Bonchev–Trinajstić information content (AvgIpc) is 3.31. The minimum atomic E-state index is -1.37. The average molecular weight is 515 g/mol. The molecule has 0 aliphatic rings. The van der Waals surface area contributed by atoms with Gasteiger partial charge in [0.15, 0.2) is 0 Å². The Balaban J connectivity index is 2.82. The first-order valence-corrected chi connectivity index (χ1v) is 11.7. The Kier molecular flexibility index (Phi) is 13.4. The molecule has 15 heteroatoms. The molecule has 0 spiro atoms. The lowest BCUT2D eigenvalue weighted by Gasteiger charge is -2.24. The van der Waals surface area contributed by atoms with Crippen LogP contribution in [0.1, 0.15) is 37.8 Å². The molecule has 0 aromatic carbocycles. The van der Waals surface area contributed by atoms with Crippen molar-refractivity contribution < 1.29 is 29.1 Å². The van der Waals surface area contributed by atoms with E-state index in [2.05, 4.69) is 38.5 Å². The third-order valence-corrected chi connectivity index (χ3v) is 5.39. The van der Waals surface area contributed by atoms with Crippen LogP contribution < -0.4 is 33.2 Å². The number of nitrogens with two attached hydrogens (primary N) is 3. The maximum Gasteiger partial charge on any atom is 0.326 e. The molecule has 0 aliphatic heterocycles. The van der Waals surface area contributed by atoms with Crippen LogP contribution in [0.3, 0.4) is 0 Å². The molecule has 14 nitrogen and oxygen atoms in total. The molecule has 4 atom stereocenters. The van der Waals surface area contributed by atoms with Crippen molar-refractivity contribution in [2.24, 2.45) is 17.2 Å². The van der Waals surface area contributed by atoms with Gasteiger partial charge in [0.05, 0.1) is 12.4 Å². The van der Waals surface area contributed by atoms with Gasteiger partial charge in [-0.15, -0.1) is 0 Å². The van der Waals surface area contributed by atoms with Gasteiger partial charge in [0.1, 0.15) is 18.1 Å². The second-order valence-electron chi connectivity index (χ2n) is 7.88. The number of aromatic nitrogens is 2. The number of aromatic amines is 1. The van der Waals surface area contributed by atoms with Crippen molar-refractivity contribution in [3.63, 3.8) is 0 Å². The SMILES string of the molecule is NCCCCC(NC(=O)C(CS)NC(=O)C(N)Cc1cnc[nH]1)C(=O)NC(CCC(N)=O)C(=O)O. The van der Waals surface area contributed by atoms with Gasteiger partial charge >= 0.3 is 5.97 Å². The molecule has 4 unspecified atom stereocenters. The Bertz CT molecular complexity index is 853. The Labute approximate surface area is 207 Å². The summed E-state index contributed by atoms with van der Waals surface area (Å²) in [5.41, 5.74) is 17.1. The number of carboxylic acids is 1. The molecule has 0 saturated heterocycles. The van der Waals surface area contributed by atoms with E-state index in [1.807, 2.05) is 0 Å². The minimum Gasteiger partial charge on any atom is -0.480 e. The largest absolute Gasteiger partial charge is 0.480 e. The summed E-state index contributed by atoms with van der Waals surface area (Å²) in [6.45, 7) is 0.363. The zero-order valence-corrected chi connectivity index (χ0v) is 20.1. The molecule has 1 aromatic rings. The summed E-state index contributed by atoms with van der Waals surface area (Å²) in [5, 5.41) is 16.7. The van der Waals surface area contributed by atoms with Gasteiger partial charge in [0.2, 0.25) is 23.6 Å². The number of rotatable bonds is 17. The van der Waals surface area contributed by atoms with Gasteiger partial charge in [-0.1, -0.05) is 0 Å². The molecule has 0 bridgehead atoms. The lowest BCUT2D eigenvalue weighted by atomic mass is 10.1. The second kappa shape index (κ2) is 15.7. The summed E-state index contributed by atoms with van der Waals surface area (Å²) >= 11 is 4.11. The van der Waals surface area contributed by atoms with Gasteiger partial charge in [0, 0.05) is 30.5 Å². The number of aliphatic carboxylic acids is 1. The lowest BCUT2D eigenvalue weighted by molar-refractivity contribution is -0.142. The summed E-state index contributed by atoms with van der Waals surface area (Å²) in [6, 6.07) is -4.54. The van der Waals surface area contributed by atoms with Crippen LogP contribution in [0.5, 0.6) is 0 Å². The summed E-state index contributed by atoms with van der Waals surface area (Å²) < 4.78 is 0. The smallest absolute Gasteiger partial charge is 0.326 e. The highest BCUT2D eigenvalue weighted by Gasteiger charge is 2.29. The molecule has 11 N–H and O–H groups in total. The number of H-pyrrole nitrogens is 1. The molecular formula is C20H34N8O6S. The summed E-state index contributed by atoms with van der Waals surface area (Å²) in [7, 11) is 0. The molecule has 0 saturated carbocycles. The van der Waals surface area contributed by atoms with Crippen LogP contribution in [0.25, 0.3) is 0 Å². The number of primary amides is 1. The molecular weight excluding hydrogens is 480 g/mol. The third kappa shape index (κ3) is 11.2. The van der Waals surface area contributed by atoms with Crippen molar-refractivity contribution in [3.8, 4) is 0 Å². The van der Waals surface area contributed by atoms with E-state index >= 15 is 0 Å². The van der Waals surface area contributed by atoms with E-state index in [1.54, 1.807) is 0 Å². The zero-order chi connectivity index (χ0) is 26.4. The van der Waals surface area contributed by atoms with Crippen molar-refractivity contribution in [1.82, 2.24) is 25.9 Å². The summed E-state index contributed by atoms with van der Waals surface area (Å²) in [6.07, 6.45) is 3.90. The van der Waals surface area contributed by atoms with Crippen LogP contribution in [-0.2, 0) is 30.4 Å². The monoisotopic (exact) mass is 514 g/mol. The van der Waals surface area contributed by atoms with Crippen LogP contribution in [0.15, 0.2) is 12.5 Å². The molecule has 35 heavy (non-hydrogen) atoms. The molecule has 1 rings (SSSR count). The molecule has 0 fully saturated rings. The number of hydrogen-bond donors (Lipinski definition) is 9. The van der Waals surface area contributed by atoms with Crippen LogP contribution in [-0.4, -0.2) is 81.1 Å². The second-order valence-corrected chi connectivity index (χ2v) is 8.25. The van der Waals surface area contributed by atoms with Crippen LogP contribution in [0.4, 0.5) is 0 Å². The number of nitrogens with zero attached hydrogens (tertiary/aromatic N) is 1. The van der Waals surface area contributed by atoms with Crippen molar-refractivity contribution in [3.05, 3.63) is 18.2 Å². The number of imidazole rings is 1. The van der Waals surface area contributed by atoms with E-state index in [0.29, 0.717) is 25.1 Å². The first-order valence-electron chi connectivity index (χ1n) is 11.0. The number of unbranched alkanes of at least 4 members (excludes halogenated alkanes) is 1. The van der Waals surface area contributed by atoms with Gasteiger partial charge in [-0.05, 0) is 32.2 Å². The van der Waals surface area contributed by atoms with Crippen molar-refractivity contribution >= 4 is 42.2 Å². The zero-order valence-electron chi connectivity index (χ0n) is 19.2. The van der Waals surface area contributed by atoms with E-state index in [0.717, 1.165) is 0 Å². The van der Waals surface area contributed by atoms with E-state index < -0.39 is 53.8 Å². The van der Waals surface area contributed by atoms with Crippen LogP contribution >= 0.6 is 12.6 Å². The third-order valence-electron chi connectivity index (χ3n) is 5.02. The first-order chi connectivity index (χ1) is 16.6. The molecule has 1 aromatic heterocycles. The fourth-order valence-electron chi connectivity index (χ4n) is 3.05. The van der Waals surface area contributed by atoms with Crippen LogP contribution in [0.2, 0.25) is 0 Å². The molecule has 0 radical (unpaired) electrons. The predicted molar refractivity (Wildman–Crippen MR) is 129 cm³/mol. The molecule has 196 valence electrons. The van der Waals surface area contributed by atoms with Crippen molar-refractivity contribution in [1.29, 1.82) is 0 Å². The number of amides is 4. The van der Waals surface area contributed by atoms with Gasteiger partial charge in [0.25, 0.3) is 0 Å². The standard InChI is InChI=1S/C20H34N8O6S/c21-6-2-1-3-13(18(31)27-14(20(33)34)4-5-16(23)29)26-19(32)15(9-35)28-17(30)12(22)7-11-8-24-10-25-11/h8,10,12-15,35H,1-7,9,21-22H2,(H2,23,29)(H,24,25)(H,26,32)(H,27,31)(H,28,30)(H,33,34). The maximum absolute atomic E-state index is 12.8. The van der Waals surface area contributed by atoms with Gasteiger partial charge in [-0.25, -0.2) is 9.78 Å². The van der Waals surface area contributed by atoms with Gasteiger partial charge in [-0.2, -0.15) is 12.6 Å². The Morgan fingerprint density at radius 2 is 1.63 bits per heavy atom. The highest BCUT2D eigenvalue weighted by atomic mass is 32.1. The van der Waals surface area contributed by atoms with Crippen molar-refractivity contribution in [2.45, 2.75) is 62.7 Å². The lowest BCUT2D eigenvalue weighted by Crippen LogP contribution is -2.57. The number of thiol groups is 1. The number of nitrogens with one attached hydrogen (secondary N) is 4. The van der Waals surface area contributed by atoms with Gasteiger partial charge in [-0.3, -0.25) is 19.2 Å². The quantitative estimate of drug-likeness (QED) is 0.0765. The maximum atomic E-state index is 12.8. The topological polar surface area (TPSA) is 248 Å². The predicted octanol–water partition coefficient (Wildman–Crippen LogP) is -2.86. The number of carboxylic acid groups (broad SMARTS) is 1. The van der Waals surface area contributed by atoms with Gasteiger partial charge < -0.3 is 43.2 Å². The Hall–Kier alpha value is -3.17. The van der Waals surface area contributed by atoms with Crippen LogP contribution in [0, 0.1) is 0 Å². The number of carbonyl (C=O) groups excluding carboxylic acids is 4. The summed E-state index contributed by atoms with van der Waals surface area (Å²) in [4.78, 5) is 67.2. The minimum absolute atomic E-state index is 0.0815. The Morgan fingerprint density at radius 1 is 1.00 bits per heavy atom. The molecule has 0 aliphatic carbocycles. The highest BCUT2D eigenvalue weighted by molar-refractivity contribution is 7.80. The summed E-state index contributed by atoms with van der Waals surface area (Å²) in [5.74, 6) is -4.20.